The Morgan fingerprint density at radius 1 is 1.48 bits per heavy atom. The summed E-state index contributed by atoms with van der Waals surface area (Å²) in [5.41, 5.74) is 0.886. The Morgan fingerprint density at radius 3 is 3.09 bits per heavy atom. The predicted octanol–water partition coefficient (Wildman–Crippen LogP) is 3.15. The molecular weight excluding hydrogens is 332 g/mol. The average Bonchev–Trinajstić information content (AvgIpc) is 3.21. The molecule has 0 amide bonds. The highest BCUT2D eigenvalue weighted by molar-refractivity contribution is 7.80. The Hall–Kier alpha value is -1.70. The number of fused-ring (bicyclic) bond motifs is 1. The van der Waals surface area contributed by atoms with E-state index in [-0.39, 0.29) is 12.1 Å². The van der Waals surface area contributed by atoms with Gasteiger partial charge in [0, 0.05) is 23.5 Å². The Bertz CT molecular complexity index is 723. The van der Waals surface area contributed by atoms with Crippen LogP contribution in [0.15, 0.2) is 24.3 Å². The van der Waals surface area contributed by atoms with Gasteiger partial charge in [0.05, 0.1) is 13.2 Å². The molecule has 0 saturated carbocycles. The minimum atomic E-state index is -0.311. The van der Waals surface area contributed by atoms with E-state index in [0.29, 0.717) is 9.99 Å². The smallest absolute Gasteiger partial charge is 0.348 e. The Balaban J connectivity index is 1.63. The number of thiocarbonyl (C=S) groups is 1. The van der Waals surface area contributed by atoms with Crippen molar-refractivity contribution in [3.05, 3.63) is 29.1 Å². The van der Waals surface area contributed by atoms with Gasteiger partial charge in [-0.25, -0.2) is 4.79 Å². The summed E-state index contributed by atoms with van der Waals surface area (Å²) >= 11 is 6.73. The van der Waals surface area contributed by atoms with Crippen LogP contribution in [-0.4, -0.2) is 37.4 Å². The van der Waals surface area contributed by atoms with Crippen LogP contribution >= 0.6 is 23.6 Å². The molecule has 122 valence electrons. The lowest BCUT2D eigenvalue weighted by Gasteiger charge is -2.14. The molecule has 23 heavy (non-hydrogen) atoms. The fraction of sp³-hybridized carbons (Fsp3) is 0.375. The van der Waals surface area contributed by atoms with Crippen molar-refractivity contribution in [3.8, 4) is 0 Å². The number of rotatable bonds is 4. The molecule has 0 radical (unpaired) electrons. The SMILES string of the molecule is COC(=O)c1cc2cc(NC(=S)NCC3CCCO3)ccc2s1. The fourth-order valence-electron chi connectivity index (χ4n) is 2.51. The third-order valence-corrected chi connectivity index (χ3v) is 5.02. The molecule has 1 unspecified atom stereocenters. The van der Waals surface area contributed by atoms with E-state index in [1.165, 1.54) is 18.4 Å². The van der Waals surface area contributed by atoms with Crippen molar-refractivity contribution in [1.82, 2.24) is 5.32 Å². The number of hydrogen-bond acceptors (Lipinski definition) is 5. The summed E-state index contributed by atoms with van der Waals surface area (Å²) in [6.45, 7) is 1.56. The van der Waals surface area contributed by atoms with Gasteiger partial charge in [-0.2, -0.15) is 0 Å². The summed E-state index contributed by atoms with van der Waals surface area (Å²) in [6.07, 6.45) is 2.44. The maximum absolute atomic E-state index is 11.6. The quantitative estimate of drug-likeness (QED) is 0.652. The molecule has 7 heteroatoms. The lowest BCUT2D eigenvalue weighted by atomic mass is 10.2. The first-order valence-electron chi connectivity index (χ1n) is 7.44. The summed E-state index contributed by atoms with van der Waals surface area (Å²) in [7, 11) is 1.39. The zero-order valence-electron chi connectivity index (χ0n) is 12.8. The molecule has 1 aliphatic rings. The summed E-state index contributed by atoms with van der Waals surface area (Å²) in [5, 5.41) is 7.90. The lowest BCUT2D eigenvalue weighted by molar-refractivity contribution is 0.0606. The van der Waals surface area contributed by atoms with Crippen LogP contribution in [0.5, 0.6) is 0 Å². The van der Waals surface area contributed by atoms with Crippen molar-refractivity contribution in [2.75, 3.05) is 25.6 Å². The standard InChI is InChI=1S/C16H18N2O3S2/c1-20-15(19)14-8-10-7-11(4-5-13(10)23-14)18-16(22)17-9-12-3-2-6-21-12/h4-5,7-8,12H,2-3,6,9H2,1H3,(H2,17,18,22). The number of methoxy groups -OCH3 is 1. The monoisotopic (exact) mass is 350 g/mol. The molecule has 1 fully saturated rings. The van der Waals surface area contributed by atoms with Gasteiger partial charge in [-0.1, -0.05) is 0 Å². The van der Waals surface area contributed by atoms with Gasteiger partial charge in [-0.15, -0.1) is 11.3 Å². The van der Waals surface area contributed by atoms with Crippen LogP contribution in [0.4, 0.5) is 5.69 Å². The summed E-state index contributed by atoms with van der Waals surface area (Å²) < 4.78 is 11.3. The molecule has 1 aliphatic heterocycles. The molecule has 0 spiro atoms. The van der Waals surface area contributed by atoms with Gasteiger partial charge in [-0.3, -0.25) is 0 Å². The summed E-state index contributed by atoms with van der Waals surface area (Å²) in [5.74, 6) is -0.311. The molecule has 2 aromatic rings. The molecule has 1 atom stereocenters. The van der Waals surface area contributed by atoms with Crippen molar-refractivity contribution in [2.24, 2.45) is 0 Å². The van der Waals surface area contributed by atoms with E-state index in [4.69, 9.17) is 21.7 Å². The van der Waals surface area contributed by atoms with Gasteiger partial charge in [0.25, 0.3) is 0 Å². The van der Waals surface area contributed by atoms with E-state index < -0.39 is 0 Å². The number of hydrogen-bond donors (Lipinski definition) is 2. The van der Waals surface area contributed by atoms with Gasteiger partial charge in [-0.05, 0) is 54.7 Å². The number of carbonyl (C=O) groups is 1. The topological polar surface area (TPSA) is 59.6 Å². The van der Waals surface area contributed by atoms with Gasteiger partial charge in [0.15, 0.2) is 5.11 Å². The Morgan fingerprint density at radius 2 is 2.35 bits per heavy atom. The van der Waals surface area contributed by atoms with Crippen LogP contribution in [0, 0.1) is 0 Å². The van der Waals surface area contributed by atoms with Crippen molar-refractivity contribution >= 4 is 50.4 Å². The maximum atomic E-state index is 11.6. The first kappa shape index (κ1) is 16.2. The molecule has 1 aromatic heterocycles. The van der Waals surface area contributed by atoms with Crippen LogP contribution < -0.4 is 10.6 Å². The van der Waals surface area contributed by atoms with Crippen molar-refractivity contribution in [1.29, 1.82) is 0 Å². The number of esters is 1. The molecule has 3 rings (SSSR count). The van der Waals surface area contributed by atoms with Gasteiger partial charge < -0.3 is 20.1 Å². The van der Waals surface area contributed by atoms with Crippen molar-refractivity contribution < 1.29 is 14.3 Å². The van der Waals surface area contributed by atoms with E-state index in [1.807, 2.05) is 24.3 Å². The Labute approximate surface area is 144 Å². The highest BCUT2D eigenvalue weighted by Crippen LogP contribution is 2.28. The van der Waals surface area contributed by atoms with Gasteiger partial charge >= 0.3 is 5.97 Å². The first-order valence-corrected chi connectivity index (χ1v) is 8.66. The van der Waals surface area contributed by atoms with E-state index in [0.717, 1.165) is 41.8 Å². The number of thiophene rings is 1. The average molecular weight is 350 g/mol. The number of carbonyl (C=O) groups excluding carboxylic acids is 1. The van der Waals surface area contributed by atoms with Crippen LogP contribution in [0.25, 0.3) is 10.1 Å². The number of anilines is 1. The van der Waals surface area contributed by atoms with E-state index in [1.54, 1.807) is 0 Å². The highest BCUT2D eigenvalue weighted by Gasteiger charge is 2.15. The third-order valence-electron chi connectivity index (χ3n) is 3.68. The van der Waals surface area contributed by atoms with Crippen LogP contribution in [0.2, 0.25) is 0 Å². The minimum absolute atomic E-state index is 0.247. The largest absolute Gasteiger partial charge is 0.465 e. The summed E-state index contributed by atoms with van der Waals surface area (Å²) in [4.78, 5) is 12.2. The number of ether oxygens (including phenoxy) is 2. The van der Waals surface area contributed by atoms with Crippen LogP contribution in [-0.2, 0) is 9.47 Å². The number of nitrogens with one attached hydrogen (secondary N) is 2. The molecule has 2 N–H and O–H groups in total. The second kappa shape index (κ2) is 7.25. The van der Waals surface area contributed by atoms with E-state index in [2.05, 4.69) is 10.6 Å². The minimum Gasteiger partial charge on any atom is -0.465 e. The summed E-state index contributed by atoms with van der Waals surface area (Å²) in [6, 6.07) is 7.72. The van der Waals surface area contributed by atoms with E-state index in [9.17, 15) is 4.79 Å². The molecule has 2 heterocycles. The molecule has 1 aromatic carbocycles. The van der Waals surface area contributed by atoms with E-state index >= 15 is 0 Å². The zero-order chi connectivity index (χ0) is 16.2. The molecular formula is C16H18N2O3S2. The van der Waals surface area contributed by atoms with Crippen LogP contribution in [0.1, 0.15) is 22.5 Å². The fourth-order valence-corrected chi connectivity index (χ4v) is 3.67. The van der Waals surface area contributed by atoms with Gasteiger partial charge in [0.1, 0.15) is 4.88 Å². The second-order valence-electron chi connectivity index (χ2n) is 5.32. The molecule has 1 saturated heterocycles. The predicted molar refractivity (Wildman–Crippen MR) is 96.4 cm³/mol. The zero-order valence-corrected chi connectivity index (χ0v) is 14.4. The van der Waals surface area contributed by atoms with Crippen LogP contribution in [0.3, 0.4) is 0 Å². The van der Waals surface area contributed by atoms with Crippen molar-refractivity contribution in [3.63, 3.8) is 0 Å². The molecule has 0 aliphatic carbocycles. The lowest BCUT2D eigenvalue weighted by Crippen LogP contribution is -2.34. The van der Waals surface area contributed by atoms with Gasteiger partial charge in [0.2, 0.25) is 0 Å². The second-order valence-corrected chi connectivity index (χ2v) is 6.82. The first-order chi connectivity index (χ1) is 11.2. The normalized spacial score (nSPS) is 17.2. The number of benzene rings is 1. The highest BCUT2D eigenvalue weighted by atomic mass is 32.1. The maximum Gasteiger partial charge on any atom is 0.348 e. The van der Waals surface area contributed by atoms with Crippen molar-refractivity contribution in [2.45, 2.75) is 18.9 Å². The Kier molecular flexibility index (Phi) is 5.09. The third kappa shape index (κ3) is 3.99. The molecule has 5 nitrogen and oxygen atoms in total. The molecule has 0 bridgehead atoms.